The summed E-state index contributed by atoms with van der Waals surface area (Å²) in [4.78, 5) is 0. The molecule has 0 saturated heterocycles. The van der Waals surface area contributed by atoms with Crippen LogP contribution < -0.4 is 10.5 Å². The van der Waals surface area contributed by atoms with Crippen LogP contribution in [0.25, 0.3) is 0 Å². The molecular weight excluding hydrogens is 191 g/mol. The molecule has 0 aromatic heterocycles. The molecule has 1 aliphatic rings. The maximum atomic E-state index is 3.40. The number of fused-ring (bicyclic) bond motifs is 1. The summed E-state index contributed by atoms with van der Waals surface area (Å²) in [6.07, 6.45) is 0. The molecule has 1 aromatic carbocycles. The first-order chi connectivity index (χ1) is 4.86. The van der Waals surface area contributed by atoms with Gasteiger partial charge < -0.3 is 10.5 Å². The van der Waals surface area contributed by atoms with Crippen molar-refractivity contribution in [2.45, 2.75) is 0 Å². The fraction of sp³-hybridized carbons (Fsp3) is 0. The zero-order chi connectivity index (χ0) is 6.97. The highest BCUT2D eigenvalue weighted by Gasteiger charge is 2.20. The highest BCUT2D eigenvalue weighted by atomic mass is 79.9. The van der Waals surface area contributed by atoms with Crippen LogP contribution in [0.1, 0.15) is 0 Å². The van der Waals surface area contributed by atoms with Crippen molar-refractivity contribution in [3.05, 3.63) is 24.3 Å². The third-order valence-electron chi connectivity index (χ3n) is 1.49. The smallest absolute Gasteiger partial charge is 0.398 e. The number of nitrogens with one attached hydrogen (secondary N) is 2. The lowest BCUT2D eigenvalue weighted by molar-refractivity contribution is 1.70. The van der Waals surface area contributed by atoms with Crippen LogP contribution in [0.4, 0.5) is 11.4 Å². The van der Waals surface area contributed by atoms with Crippen LogP contribution in [0.15, 0.2) is 24.3 Å². The van der Waals surface area contributed by atoms with Gasteiger partial charge in [0.05, 0.1) is 0 Å². The lowest BCUT2D eigenvalue weighted by Gasteiger charge is -1.94. The largest absolute Gasteiger partial charge is 0.450 e. The molecule has 50 valence electrons. The normalized spacial score (nSPS) is 13.9. The first-order valence-electron chi connectivity index (χ1n) is 3.12. The summed E-state index contributed by atoms with van der Waals surface area (Å²) in [6.45, 7) is 0. The number of hydrogen-bond acceptors (Lipinski definition) is 2. The van der Waals surface area contributed by atoms with Gasteiger partial charge in [-0.25, -0.2) is 0 Å². The second kappa shape index (κ2) is 2.20. The third-order valence-corrected chi connectivity index (χ3v) is 1.95. The quantitative estimate of drug-likeness (QED) is 0.620. The van der Waals surface area contributed by atoms with Crippen molar-refractivity contribution < 1.29 is 0 Å². The molecule has 0 amide bonds. The van der Waals surface area contributed by atoms with Crippen LogP contribution >= 0.6 is 15.8 Å². The predicted molar refractivity (Wildman–Crippen MR) is 48.4 cm³/mol. The van der Waals surface area contributed by atoms with Gasteiger partial charge in [-0.15, -0.1) is 0 Å². The van der Waals surface area contributed by atoms with Gasteiger partial charge in [0.2, 0.25) is 0 Å². The Balaban J connectivity index is 2.42. The van der Waals surface area contributed by atoms with Gasteiger partial charge in [0.15, 0.2) is 0 Å². The van der Waals surface area contributed by atoms with Crippen molar-refractivity contribution in [2.24, 2.45) is 0 Å². The molecule has 1 heterocycles. The molecule has 0 fully saturated rings. The molecule has 1 aliphatic heterocycles. The van der Waals surface area contributed by atoms with E-state index in [1.54, 1.807) is 0 Å². The minimum absolute atomic E-state index is 0.185. The van der Waals surface area contributed by atoms with E-state index in [0.29, 0.717) is 0 Å². The average Bonchev–Trinajstić information content (AvgIpc) is 2.27. The molecule has 0 saturated carbocycles. The molecule has 10 heavy (non-hydrogen) atoms. The van der Waals surface area contributed by atoms with Gasteiger partial charge >= 0.3 is 5.81 Å². The number of rotatable bonds is 0. The fourth-order valence-corrected chi connectivity index (χ4v) is 1.54. The topological polar surface area (TPSA) is 24.1 Å². The van der Waals surface area contributed by atoms with Crippen molar-refractivity contribution in [1.29, 1.82) is 0 Å². The molecule has 0 aliphatic carbocycles. The van der Waals surface area contributed by atoms with E-state index in [0.717, 1.165) is 11.4 Å². The highest BCUT2D eigenvalue weighted by molar-refractivity contribution is 9.24. The summed E-state index contributed by atoms with van der Waals surface area (Å²) < 4.78 is 0. The van der Waals surface area contributed by atoms with Crippen LogP contribution in [-0.4, -0.2) is 5.81 Å². The molecule has 2 nitrogen and oxygen atoms in total. The van der Waals surface area contributed by atoms with Crippen LogP contribution in [0.5, 0.6) is 0 Å². The average molecular weight is 197 g/mol. The maximum Gasteiger partial charge on any atom is 0.450 e. The monoisotopic (exact) mass is 196 g/mol. The number of halogens is 1. The van der Waals surface area contributed by atoms with E-state index in [1.807, 2.05) is 24.3 Å². The highest BCUT2D eigenvalue weighted by Crippen LogP contribution is 2.27. The Hall–Kier alpha value is -0.635. The SMILES string of the molecule is BrB1Nc2ccccc2N1. The van der Waals surface area contributed by atoms with Crippen LogP contribution in [-0.2, 0) is 0 Å². The summed E-state index contributed by atoms with van der Waals surface area (Å²) in [6, 6.07) is 8.12. The van der Waals surface area contributed by atoms with Crippen molar-refractivity contribution in [1.82, 2.24) is 0 Å². The summed E-state index contributed by atoms with van der Waals surface area (Å²) in [5, 5.41) is 6.41. The molecule has 0 spiro atoms. The summed E-state index contributed by atoms with van der Waals surface area (Å²) >= 11 is 3.40. The molecule has 2 rings (SSSR count). The molecular formula is C6H6BBrN2. The number of benzene rings is 1. The van der Waals surface area contributed by atoms with Crippen molar-refractivity contribution >= 4 is 32.9 Å². The Morgan fingerprint density at radius 1 is 1.10 bits per heavy atom. The first kappa shape index (κ1) is 6.10. The molecule has 2 N–H and O–H groups in total. The summed E-state index contributed by atoms with van der Waals surface area (Å²) in [5.74, 6) is 0.185. The third kappa shape index (κ3) is 0.885. The van der Waals surface area contributed by atoms with Crippen molar-refractivity contribution in [2.75, 3.05) is 10.5 Å². The van der Waals surface area contributed by atoms with Gasteiger partial charge in [-0.3, -0.25) is 0 Å². The maximum absolute atomic E-state index is 3.40. The zero-order valence-electron chi connectivity index (χ0n) is 5.26. The standard InChI is InChI=1S/C6H6BBrN2/c8-7-9-5-3-1-2-4-6(5)10-7/h1-4,9-10H. The van der Waals surface area contributed by atoms with Gasteiger partial charge in [0.25, 0.3) is 0 Å². The minimum atomic E-state index is 0.185. The van der Waals surface area contributed by atoms with Gasteiger partial charge in [-0.1, -0.05) is 27.9 Å². The molecule has 0 unspecified atom stereocenters. The Morgan fingerprint density at radius 2 is 1.60 bits per heavy atom. The molecule has 1 aromatic rings. The van der Waals surface area contributed by atoms with E-state index < -0.39 is 0 Å². The molecule has 0 radical (unpaired) electrons. The van der Waals surface area contributed by atoms with E-state index in [-0.39, 0.29) is 5.81 Å². The first-order valence-corrected chi connectivity index (χ1v) is 4.04. The number of para-hydroxylation sites is 2. The van der Waals surface area contributed by atoms with E-state index >= 15 is 0 Å². The van der Waals surface area contributed by atoms with Gasteiger partial charge in [0, 0.05) is 11.4 Å². The Kier molecular flexibility index (Phi) is 1.34. The van der Waals surface area contributed by atoms with Crippen LogP contribution in [0.3, 0.4) is 0 Å². The van der Waals surface area contributed by atoms with Gasteiger partial charge in [-0.2, -0.15) is 0 Å². The second-order valence-corrected chi connectivity index (χ2v) is 3.11. The summed E-state index contributed by atoms with van der Waals surface area (Å²) in [5.41, 5.74) is 2.31. The lowest BCUT2D eigenvalue weighted by Crippen LogP contribution is -2.19. The van der Waals surface area contributed by atoms with Crippen molar-refractivity contribution in [3.63, 3.8) is 0 Å². The number of anilines is 2. The molecule has 0 atom stereocenters. The Morgan fingerprint density at radius 3 is 2.10 bits per heavy atom. The van der Waals surface area contributed by atoms with Crippen LogP contribution in [0, 0.1) is 0 Å². The van der Waals surface area contributed by atoms with E-state index in [1.165, 1.54) is 0 Å². The second-order valence-electron chi connectivity index (χ2n) is 2.20. The lowest BCUT2D eigenvalue weighted by atomic mass is 10.2. The fourth-order valence-electron chi connectivity index (χ4n) is 1.04. The number of hydrogen-bond donors (Lipinski definition) is 2. The van der Waals surface area contributed by atoms with Gasteiger partial charge in [-0.05, 0) is 12.1 Å². The summed E-state index contributed by atoms with van der Waals surface area (Å²) in [7, 11) is 0. The van der Waals surface area contributed by atoms with E-state index in [9.17, 15) is 0 Å². The van der Waals surface area contributed by atoms with E-state index in [2.05, 4.69) is 26.2 Å². The minimum Gasteiger partial charge on any atom is -0.398 e. The molecule has 4 heteroatoms. The zero-order valence-corrected chi connectivity index (χ0v) is 6.85. The Labute approximate surface area is 68.1 Å². The van der Waals surface area contributed by atoms with Gasteiger partial charge in [0.1, 0.15) is 0 Å². The van der Waals surface area contributed by atoms with Crippen LogP contribution in [0.2, 0.25) is 0 Å². The molecule has 0 bridgehead atoms. The van der Waals surface area contributed by atoms with Crippen molar-refractivity contribution in [3.8, 4) is 0 Å². The Bertz CT molecular complexity index is 228. The predicted octanol–water partition coefficient (Wildman–Crippen LogP) is 1.90. The van der Waals surface area contributed by atoms with E-state index in [4.69, 9.17) is 0 Å².